The third-order valence-corrected chi connectivity index (χ3v) is 6.38. The van der Waals surface area contributed by atoms with Crippen LogP contribution in [-0.2, 0) is 23.8 Å². The predicted molar refractivity (Wildman–Crippen MR) is 158 cm³/mol. The first-order valence-electron chi connectivity index (χ1n) is 12.7. The van der Waals surface area contributed by atoms with Gasteiger partial charge in [-0.2, -0.15) is 0 Å². The molecule has 1 aromatic heterocycles. The molecule has 5 N–H and O–H groups in total. The van der Waals surface area contributed by atoms with Crippen LogP contribution in [0.2, 0.25) is 0 Å². The van der Waals surface area contributed by atoms with Crippen molar-refractivity contribution in [3.63, 3.8) is 0 Å². The van der Waals surface area contributed by atoms with Gasteiger partial charge in [-0.25, -0.2) is 4.98 Å². The SMILES string of the molecule is CCN(CC)Cc1ccc(OCCc2coc(-c3cc(C(C)(C)C)c(O)c(C(C)(C)C)c3)n2)cc1.Cl.O.O. The summed E-state index contributed by atoms with van der Waals surface area (Å²) in [6, 6.07) is 12.3. The first kappa shape index (κ1) is 35.4. The van der Waals surface area contributed by atoms with Crippen LogP contribution in [0.4, 0.5) is 0 Å². The van der Waals surface area contributed by atoms with E-state index in [4.69, 9.17) is 14.1 Å². The van der Waals surface area contributed by atoms with Gasteiger partial charge in [0, 0.05) is 29.7 Å². The Morgan fingerprint density at radius 3 is 1.89 bits per heavy atom. The molecule has 0 amide bonds. The van der Waals surface area contributed by atoms with E-state index in [2.05, 4.69) is 72.4 Å². The molecule has 3 rings (SSSR count). The summed E-state index contributed by atoms with van der Waals surface area (Å²) >= 11 is 0. The average Bonchev–Trinajstić information content (AvgIpc) is 3.26. The van der Waals surface area contributed by atoms with E-state index >= 15 is 0 Å². The smallest absolute Gasteiger partial charge is 0.226 e. The van der Waals surface area contributed by atoms with Gasteiger partial charge in [0.2, 0.25) is 5.89 Å². The standard InChI is InChI=1S/C30H42N2O3.ClH.2H2O/c1-9-32(10-2)19-21-11-13-24(14-12-21)34-16-15-23-20-35-28(31-23)22-17-25(29(3,4)5)27(33)26(18-22)30(6,7)8;;;/h11-14,17-18,20,33H,9-10,15-16,19H2,1-8H3;1H;2*1H2. The highest BCUT2D eigenvalue weighted by Crippen LogP contribution is 2.41. The number of benzene rings is 2. The van der Waals surface area contributed by atoms with Gasteiger partial charge in [0.1, 0.15) is 17.8 Å². The molecule has 38 heavy (non-hydrogen) atoms. The second kappa shape index (κ2) is 14.5. The third kappa shape index (κ3) is 9.02. The average molecular weight is 551 g/mol. The van der Waals surface area contributed by atoms with Crippen LogP contribution >= 0.6 is 12.4 Å². The summed E-state index contributed by atoms with van der Waals surface area (Å²) in [6.45, 7) is 20.6. The van der Waals surface area contributed by atoms with Gasteiger partial charge in [0.25, 0.3) is 0 Å². The van der Waals surface area contributed by atoms with Crippen molar-refractivity contribution < 1.29 is 25.2 Å². The van der Waals surface area contributed by atoms with Gasteiger partial charge in [-0.05, 0) is 53.7 Å². The Morgan fingerprint density at radius 1 is 0.895 bits per heavy atom. The quantitative estimate of drug-likeness (QED) is 0.356. The maximum Gasteiger partial charge on any atom is 0.226 e. The lowest BCUT2D eigenvalue weighted by Gasteiger charge is -2.27. The van der Waals surface area contributed by atoms with E-state index in [0.717, 1.165) is 47.8 Å². The fourth-order valence-corrected chi connectivity index (χ4v) is 4.13. The summed E-state index contributed by atoms with van der Waals surface area (Å²) in [5.74, 6) is 1.79. The zero-order valence-electron chi connectivity index (χ0n) is 24.1. The van der Waals surface area contributed by atoms with Crippen LogP contribution in [0.3, 0.4) is 0 Å². The van der Waals surface area contributed by atoms with Crippen LogP contribution in [0, 0.1) is 0 Å². The van der Waals surface area contributed by atoms with E-state index in [1.807, 2.05) is 24.3 Å². The summed E-state index contributed by atoms with van der Waals surface area (Å²) in [6.07, 6.45) is 2.35. The Labute approximate surface area is 234 Å². The lowest BCUT2D eigenvalue weighted by Crippen LogP contribution is -2.21. The summed E-state index contributed by atoms with van der Waals surface area (Å²) < 4.78 is 11.8. The van der Waals surface area contributed by atoms with E-state index < -0.39 is 0 Å². The van der Waals surface area contributed by atoms with Crippen LogP contribution in [0.5, 0.6) is 11.5 Å². The fraction of sp³-hybridized carbons (Fsp3) is 0.500. The Balaban J connectivity index is 0.00000456. The molecule has 0 saturated carbocycles. The molecule has 0 spiro atoms. The van der Waals surface area contributed by atoms with Gasteiger partial charge in [0.05, 0.1) is 12.3 Å². The molecule has 0 radical (unpaired) electrons. The Kier molecular flexibility index (Phi) is 13.6. The van der Waals surface area contributed by atoms with E-state index in [9.17, 15) is 5.11 Å². The highest BCUT2D eigenvalue weighted by molar-refractivity contribution is 5.85. The number of aromatic nitrogens is 1. The zero-order chi connectivity index (χ0) is 25.8. The van der Waals surface area contributed by atoms with Crippen molar-refractivity contribution in [2.45, 2.75) is 79.2 Å². The van der Waals surface area contributed by atoms with Crippen molar-refractivity contribution in [3.8, 4) is 23.0 Å². The van der Waals surface area contributed by atoms with Gasteiger partial charge < -0.3 is 25.2 Å². The number of ether oxygens (including phenoxy) is 1. The first-order valence-corrected chi connectivity index (χ1v) is 12.7. The monoisotopic (exact) mass is 550 g/mol. The molecule has 0 saturated heterocycles. The van der Waals surface area contributed by atoms with Crippen molar-refractivity contribution in [1.82, 2.24) is 9.88 Å². The summed E-state index contributed by atoms with van der Waals surface area (Å²) in [7, 11) is 0. The first-order chi connectivity index (χ1) is 16.4. The molecule has 7 nitrogen and oxygen atoms in total. The minimum Gasteiger partial charge on any atom is -0.507 e. The van der Waals surface area contributed by atoms with E-state index in [0.29, 0.717) is 24.7 Å². The second-order valence-corrected chi connectivity index (χ2v) is 11.3. The van der Waals surface area contributed by atoms with Crippen LogP contribution in [0.1, 0.15) is 77.8 Å². The maximum atomic E-state index is 11.0. The Hall–Kier alpha value is -2.58. The number of halogens is 1. The molecular formula is C30H47ClN2O5. The Morgan fingerprint density at radius 2 is 1.42 bits per heavy atom. The number of phenolic OH excluding ortho intramolecular Hbond substituents is 1. The van der Waals surface area contributed by atoms with Crippen molar-refractivity contribution in [3.05, 3.63) is 65.0 Å². The van der Waals surface area contributed by atoms with Crippen molar-refractivity contribution in [2.24, 2.45) is 0 Å². The van der Waals surface area contributed by atoms with Crippen LogP contribution < -0.4 is 4.74 Å². The fourth-order valence-electron chi connectivity index (χ4n) is 4.13. The van der Waals surface area contributed by atoms with Crippen LogP contribution in [-0.4, -0.2) is 45.6 Å². The van der Waals surface area contributed by atoms with E-state index in [-0.39, 0.29) is 34.2 Å². The minimum atomic E-state index is -0.204. The van der Waals surface area contributed by atoms with Gasteiger partial charge in [-0.15, -0.1) is 12.4 Å². The number of rotatable bonds is 9. The largest absolute Gasteiger partial charge is 0.507 e. The van der Waals surface area contributed by atoms with Crippen molar-refractivity contribution in [1.29, 1.82) is 0 Å². The molecule has 0 bridgehead atoms. The van der Waals surface area contributed by atoms with Gasteiger partial charge in [-0.1, -0.05) is 67.5 Å². The molecule has 0 fully saturated rings. The van der Waals surface area contributed by atoms with Gasteiger partial charge >= 0.3 is 0 Å². The van der Waals surface area contributed by atoms with Crippen molar-refractivity contribution in [2.75, 3.05) is 19.7 Å². The lowest BCUT2D eigenvalue weighted by atomic mass is 9.78. The lowest BCUT2D eigenvalue weighted by molar-refractivity contribution is 0.295. The third-order valence-electron chi connectivity index (χ3n) is 6.38. The highest BCUT2D eigenvalue weighted by atomic mass is 35.5. The van der Waals surface area contributed by atoms with Gasteiger partial charge in [0.15, 0.2) is 0 Å². The summed E-state index contributed by atoms with van der Waals surface area (Å²) in [5, 5.41) is 11.0. The topological polar surface area (TPSA) is 122 Å². The Bertz CT molecular complexity index is 1080. The van der Waals surface area contributed by atoms with Crippen molar-refractivity contribution >= 4 is 12.4 Å². The van der Waals surface area contributed by atoms with Crippen LogP contribution in [0.15, 0.2) is 47.1 Å². The molecular weight excluding hydrogens is 504 g/mol. The van der Waals surface area contributed by atoms with Gasteiger partial charge in [-0.3, -0.25) is 4.90 Å². The molecule has 2 aromatic carbocycles. The minimum absolute atomic E-state index is 0. The number of phenols is 1. The maximum absolute atomic E-state index is 11.0. The molecule has 0 aliphatic carbocycles. The summed E-state index contributed by atoms with van der Waals surface area (Å²) in [5.41, 5.74) is 4.41. The molecule has 8 heteroatoms. The number of aromatic hydroxyl groups is 1. The predicted octanol–water partition coefficient (Wildman–Crippen LogP) is 5.88. The molecule has 0 aliphatic heterocycles. The number of oxazole rings is 1. The number of nitrogens with zero attached hydrogens (tertiary/aromatic N) is 2. The van der Waals surface area contributed by atoms with E-state index in [1.165, 1.54) is 5.56 Å². The normalized spacial score (nSPS) is 11.4. The number of hydrogen-bond donors (Lipinski definition) is 1. The van der Waals surface area contributed by atoms with Crippen LogP contribution in [0.25, 0.3) is 11.5 Å². The molecule has 0 aliphatic rings. The molecule has 214 valence electrons. The second-order valence-electron chi connectivity index (χ2n) is 11.3. The molecule has 0 unspecified atom stereocenters. The molecule has 1 heterocycles. The molecule has 3 aromatic rings. The highest BCUT2D eigenvalue weighted by Gasteiger charge is 2.27. The summed E-state index contributed by atoms with van der Waals surface area (Å²) in [4.78, 5) is 7.11. The zero-order valence-corrected chi connectivity index (χ0v) is 25.0. The molecule has 0 atom stereocenters. The number of hydrogen-bond acceptors (Lipinski definition) is 5. The van der Waals surface area contributed by atoms with E-state index in [1.54, 1.807) is 6.26 Å².